The minimum atomic E-state index is -1.29. The second-order valence-corrected chi connectivity index (χ2v) is 10.2. The van der Waals surface area contributed by atoms with Crippen LogP contribution in [0.3, 0.4) is 0 Å². The summed E-state index contributed by atoms with van der Waals surface area (Å²) in [5.74, 6) is 0. The van der Waals surface area contributed by atoms with Crippen molar-refractivity contribution in [2.45, 2.75) is 14.7 Å². The second kappa shape index (κ2) is 4.51. The molecule has 98 valence electrons. The molecule has 3 aromatic carbocycles. The number of halogens is 1. The normalized spacial score (nSPS) is 16.2. The van der Waals surface area contributed by atoms with Crippen LogP contribution in [0.1, 0.15) is 0 Å². The quantitative estimate of drug-likeness (QED) is 0.490. The van der Waals surface area contributed by atoms with Gasteiger partial charge in [-0.2, -0.15) is 0 Å². The van der Waals surface area contributed by atoms with Crippen LogP contribution in [0, 0.1) is 0 Å². The van der Waals surface area contributed by atoms with Crippen LogP contribution < -0.4 is 0 Å². The molecule has 0 saturated carbocycles. The molecule has 0 spiro atoms. The molecule has 0 fully saturated rings. The first-order chi connectivity index (χ1) is 9.82. The van der Waals surface area contributed by atoms with Gasteiger partial charge in [-0.15, -0.1) is 0 Å². The summed E-state index contributed by atoms with van der Waals surface area (Å²) in [6.45, 7) is 0. The summed E-state index contributed by atoms with van der Waals surface area (Å²) in [5.41, 5.74) is 2.72. The average Bonchev–Trinajstić information content (AvgIpc) is 2.80. The van der Waals surface area contributed by atoms with Crippen molar-refractivity contribution in [3.63, 3.8) is 0 Å². The van der Waals surface area contributed by atoms with E-state index in [0.29, 0.717) is 0 Å². The Morgan fingerprint density at radius 3 is 1.55 bits per heavy atom. The Kier molecular flexibility index (Phi) is 2.76. The van der Waals surface area contributed by atoms with Crippen molar-refractivity contribution in [3.05, 3.63) is 78.9 Å². The Morgan fingerprint density at radius 1 is 0.550 bits per heavy atom. The summed E-state index contributed by atoms with van der Waals surface area (Å²) in [6, 6.07) is 28.3. The van der Waals surface area contributed by atoms with E-state index in [0.717, 1.165) is 0 Å². The minimum absolute atomic E-state index is 1.29. The maximum absolute atomic E-state index is 4.13. The largest absolute Gasteiger partial charge is 0.0999 e. The zero-order valence-corrected chi connectivity index (χ0v) is 13.2. The van der Waals surface area contributed by atoms with E-state index in [-0.39, 0.29) is 0 Å². The van der Waals surface area contributed by atoms with Crippen molar-refractivity contribution in [3.8, 4) is 11.1 Å². The number of rotatable bonds is 1. The molecule has 20 heavy (non-hydrogen) atoms. The Balaban J connectivity index is 2.10. The monoisotopic (exact) mass is 340 g/mol. The van der Waals surface area contributed by atoms with E-state index in [9.17, 15) is 0 Å². The fraction of sp³-hybridized carbons (Fsp3) is 0. The second-order valence-electron chi connectivity index (χ2n) is 4.84. The fourth-order valence-electron chi connectivity index (χ4n) is 2.85. The first-order valence-electron chi connectivity index (χ1n) is 6.58. The molecule has 1 aliphatic heterocycles. The van der Waals surface area contributed by atoms with Crippen LogP contribution in [0.4, 0.5) is 0 Å². The summed E-state index contributed by atoms with van der Waals surface area (Å²) in [4.78, 5) is 4.18. The number of hydrogen-bond acceptors (Lipinski definition) is 0. The van der Waals surface area contributed by atoms with E-state index in [4.69, 9.17) is 0 Å². The molecule has 0 saturated heterocycles. The molecule has 0 amide bonds. The minimum Gasteiger partial charge on any atom is -0.0999 e. The highest BCUT2D eigenvalue weighted by molar-refractivity contribution is 9.58. The molecule has 1 aliphatic rings. The molecule has 3 aromatic rings. The lowest BCUT2D eigenvalue weighted by atomic mass is 10.1. The van der Waals surface area contributed by atoms with E-state index < -0.39 is 8.46 Å². The summed E-state index contributed by atoms with van der Waals surface area (Å²) < 4.78 is 0. The molecule has 1 heterocycles. The lowest BCUT2D eigenvalue weighted by molar-refractivity contribution is 1.39. The lowest BCUT2D eigenvalue weighted by Gasteiger charge is -2.31. The standard InChI is InChI=1S/C18H13BrS/c19-20(14-8-2-1-3-9-14)17-12-6-4-10-15(17)16-11-5-7-13-18(16)20/h1-13H. The summed E-state index contributed by atoms with van der Waals surface area (Å²) in [6.07, 6.45) is 0. The van der Waals surface area contributed by atoms with E-state index in [1.165, 1.54) is 25.8 Å². The molecular weight excluding hydrogens is 328 g/mol. The zero-order chi connectivity index (χ0) is 13.6. The van der Waals surface area contributed by atoms with Crippen molar-refractivity contribution in [2.24, 2.45) is 0 Å². The first-order valence-corrected chi connectivity index (χ1v) is 10.1. The number of benzene rings is 3. The first kappa shape index (κ1) is 12.2. The van der Waals surface area contributed by atoms with Gasteiger partial charge in [0.05, 0.1) is 0 Å². The summed E-state index contributed by atoms with van der Waals surface area (Å²) in [7, 11) is -1.29. The summed E-state index contributed by atoms with van der Waals surface area (Å²) >= 11 is 4.13. The van der Waals surface area contributed by atoms with Gasteiger partial charge in [-0.05, 0) is 50.2 Å². The van der Waals surface area contributed by atoms with Gasteiger partial charge >= 0.3 is 0 Å². The third-order valence-corrected chi connectivity index (χ3v) is 9.80. The third kappa shape index (κ3) is 1.55. The van der Waals surface area contributed by atoms with Gasteiger partial charge in [-0.1, -0.05) is 63.1 Å². The predicted molar refractivity (Wildman–Crippen MR) is 89.6 cm³/mol. The van der Waals surface area contributed by atoms with E-state index >= 15 is 0 Å². The maximum Gasteiger partial charge on any atom is 0.0157 e. The maximum atomic E-state index is 4.13. The smallest absolute Gasteiger partial charge is 0.0157 e. The molecule has 0 N–H and O–H groups in total. The van der Waals surface area contributed by atoms with Gasteiger partial charge in [0.25, 0.3) is 0 Å². The predicted octanol–water partition coefficient (Wildman–Crippen LogP) is 6.26. The number of fused-ring (bicyclic) bond motifs is 3. The average molecular weight is 341 g/mol. The zero-order valence-electron chi connectivity index (χ0n) is 10.8. The van der Waals surface area contributed by atoms with Gasteiger partial charge in [-0.3, -0.25) is 0 Å². The van der Waals surface area contributed by atoms with Gasteiger partial charge in [0.2, 0.25) is 0 Å². The van der Waals surface area contributed by atoms with Gasteiger partial charge in [-0.25, -0.2) is 0 Å². The Hall–Kier alpha value is -1.51. The van der Waals surface area contributed by atoms with E-state index in [2.05, 4.69) is 93.7 Å². The molecule has 0 unspecified atom stereocenters. The van der Waals surface area contributed by atoms with Crippen LogP contribution in [0.5, 0.6) is 0 Å². The van der Waals surface area contributed by atoms with Crippen LogP contribution >= 0.6 is 23.3 Å². The van der Waals surface area contributed by atoms with E-state index in [1.54, 1.807) is 0 Å². The van der Waals surface area contributed by atoms with Crippen LogP contribution in [0.2, 0.25) is 0 Å². The van der Waals surface area contributed by atoms with Crippen molar-refractivity contribution in [1.82, 2.24) is 0 Å². The van der Waals surface area contributed by atoms with Gasteiger partial charge < -0.3 is 0 Å². The molecule has 0 nitrogen and oxygen atoms in total. The molecule has 0 aliphatic carbocycles. The highest BCUT2D eigenvalue weighted by Crippen LogP contribution is 2.80. The van der Waals surface area contributed by atoms with Gasteiger partial charge in [0.15, 0.2) is 0 Å². The molecule has 0 bridgehead atoms. The van der Waals surface area contributed by atoms with Crippen LogP contribution in [-0.4, -0.2) is 0 Å². The van der Waals surface area contributed by atoms with Crippen LogP contribution in [0.15, 0.2) is 93.5 Å². The molecular formula is C18H13BrS. The molecule has 2 heteroatoms. The van der Waals surface area contributed by atoms with Crippen molar-refractivity contribution < 1.29 is 0 Å². The third-order valence-electron chi connectivity index (χ3n) is 3.74. The fourth-order valence-corrected chi connectivity index (χ4v) is 7.96. The molecule has 0 aromatic heterocycles. The highest BCUT2D eigenvalue weighted by Gasteiger charge is 2.37. The topological polar surface area (TPSA) is 0 Å². The van der Waals surface area contributed by atoms with Crippen LogP contribution in [-0.2, 0) is 0 Å². The van der Waals surface area contributed by atoms with E-state index in [1.807, 2.05) is 0 Å². The SMILES string of the molecule is BrS1(c2ccccc2)c2ccccc2-c2ccccc21. The number of hydrogen-bond donors (Lipinski definition) is 0. The highest BCUT2D eigenvalue weighted by atomic mass is 79.9. The molecule has 0 atom stereocenters. The molecule has 4 rings (SSSR count). The van der Waals surface area contributed by atoms with Crippen molar-refractivity contribution >= 4 is 23.3 Å². The Morgan fingerprint density at radius 2 is 1.00 bits per heavy atom. The lowest BCUT2D eigenvalue weighted by Crippen LogP contribution is -1.90. The van der Waals surface area contributed by atoms with Gasteiger partial charge in [0.1, 0.15) is 0 Å². The van der Waals surface area contributed by atoms with Crippen molar-refractivity contribution in [1.29, 1.82) is 0 Å². The van der Waals surface area contributed by atoms with Crippen molar-refractivity contribution in [2.75, 3.05) is 0 Å². The van der Waals surface area contributed by atoms with Crippen LogP contribution in [0.25, 0.3) is 11.1 Å². The van der Waals surface area contributed by atoms with Gasteiger partial charge in [0, 0.05) is 14.7 Å². The Bertz CT molecular complexity index is 735. The Labute approximate surface area is 128 Å². The summed E-state index contributed by atoms with van der Waals surface area (Å²) in [5, 5.41) is 0. The molecule has 0 radical (unpaired) electrons.